The van der Waals surface area contributed by atoms with Gasteiger partial charge in [-0.15, -0.1) is 0 Å². The van der Waals surface area contributed by atoms with E-state index in [1.165, 1.54) is 0 Å². The lowest BCUT2D eigenvalue weighted by molar-refractivity contribution is 0.271. The maximum Gasteiger partial charge on any atom is 0.287 e. The third-order valence-electron chi connectivity index (χ3n) is 1.54. The smallest absolute Gasteiger partial charge is 0.287 e. The molecule has 0 spiro atoms. The lowest BCUT2D eigenvalue weighted by atomic mass is 10.2. The maximum absolute atomic E-state index is 5.29. The number of hydrogen-bond acceptors (Lipinski definition) is 3. The molecule has 0 amide bonds. The van der Waals surface area contributed by atoms with Crippen LogP contribution in [0.15, 0.2) is 4.99 Å². The van der Waals surface area contributed by atoms with Gasteiger partial charge >= 0.3 is 0 Å². The minimum absolute atomic E-state index is 0.659. The molecule has 0 saturated heterocycles. The normalized spacial score (nSPS) is 16.5. The van der Waals surface area contributed by atoms with Gasteiger partial charge in [-0.25, -0.2) is 4.99 Å². The SMILES string of the molecule is CC(C)CN(C)C1=NCCO1. The Balaban J connectivity index is 2.34. The molecule has 0 fully saturated rings. The first kappa shape index (κ1) is 8.37. The van der Waals surface area contributed by atoms with Gasteiger partial charge in [-0.3, -0.25) is 0 Å². The highest BCUT2D eigenvalue weighted by atomic mass is 16.5. The van der Waals surface area contributed by atoms with Crippen LogP contribution in [0.25, 0.3) is 0 Å². The average molecular weight is 156 g/mol. The van der Waals surface area contributed by atoms with Gasteiger partial charge in [-0.05, 0) is 5.92 Å². The van der Waals surface area contributed by atoms with Gasteiger partial charge in [0.15, 0.2) is 0 Å². The van der Waals surface area contributed by atoms with E-state index in [0.717, 1.165) is 25.7 Å². The second-order valence-corrected chi connectivity index (χ2v) is 3.29. The van der Waals surface area contributed by atoms with Crippen molar-refractivity contribution >= 4 is 6.02 Å². The molecule has 0 aromatic heterocycles. The highest BCUT2D eigenvalue weighted by molar-refractivity contribution is 5.74. The summed E-state index contributed by atoms with van der Waals surface area (Å²) in [6, 6.07) is 0.804. The van der Waals surface area contributed by atoms with E-state index in [9.17, 15) is 0 Å². The summed E-state index contributed by atoms with van der Waals surface area (Å²) in [5.74, 6) is 0.659. The van der Waals surface area contributed by atoms with E-state index in [1.54, 1.807) is 0 Å². The number of rotatable bonds is 2. The third kappa shape index (κ3) is 2.41. The zero-order valence-corrected chi connectivity index (χ0v) is 7.50. The molecule has 1 aliphatic heterocycles. The molecule has 1 rings (SSSR count). The van der Waals surface area contributed by atoms with Crippen molar-refractivity contribution in [2.75, 3.05) is 26.7 Å². The summed E-state index contributed by atoms with van der Waals surface area (Å²) in [6.07, 6.45) is 0. The topological polar surface area (TPSA) is 24.8 Å². The number of aliphatic imine (C=N–C) groups is 1. The second kappa shape index (κ2) is 3.60. The Morgan fingerprint density at radius 3 is 2.82 bits per heavy atom. The molecular weight excluding hydrogens is 140 g/mol. The van der Waals surface area contributed by atoms with E-state index in [2.05, 4.69) is 23.7 Å². The van der Waals surface area contributed by atoms with Gasteiger partial charge in [0, 0.05) is 13.6 Å². The lowest BCUT2D eigenvalue weighted by Crippen LogP contribution is -2.30. The fourth-order valence-corrected chi connectivity index (χ4v) is 1.18. The third-order valence-corrected chi connectivity index (χ3v) is 1.54. The first-order chi connectivity index (χ1) is 5.20. The van der Waals surface area contributed by atoms with Crippen LogP contribution in [0.4, 0.5) is 0 Å². The van der Waals surface area contributed by atoms with E-state index < -0.39 is 0 Å². The number of nitrogens with zero attached hydrogens (tertiary/aromatic N) is 2. The second-order valence-electron chi connectivity index (χ2n) is 3.29. The van der Waals surface area contributed by atoms with Crippen LogP contribution < -0.4 is 0 Å². The van der Waals surface area contributed by atoms with Crippen molar-refractivity contribution in [3.8, 4) is 0 Å². The molecule has 11 heavy (non-hydrogen) atoms. The van der Waals surface area contributed by atoms with Crippen molar-refractivity contribution in [3.63, 3.8) is 0 Å². The zero-order chi connectivity index (χ0) is 8.27. The summed E-state index contributed by atoms with van der Waals surface area (Å²) in [7, 11) is 2.02. The van der Waals surface area contributed by atoms with Gasteiger partial charge in [0.25, 0.3) is 6.02 Å². The Morgan fingerprint density at radius 2 is 2.36 bits per heavy atom. The van der Waals surface area contributed by atoms with Crippen molar-refractivity contribution in [1.29, 1.82) is 0 Å². The fourth-order valence-electron chi connectivity index (χ4n) is 1.18. The molecule has 0 bridgehead atoms. The minimum Gasteiger partial charge on any atom is -0.463 e. The molecule has 0 saturated carbocycles. The Bertz CT molecular complexity index is 154. The Morgan fingerprint density at radius 1 is 1.64 bits per heavy atom. The minimum atomic E-state index is 0.659. The maximum atomic E-state index is 5.29. The summed E-state index contributed by atoms with van der Waals surface area (Å²) in [5, 5.41) is 0. The fraction of sp³-hybridized carbons (Fsp3) is 0.875. The number of hydrogen-bond donors (Lipinski definition) is 0. The molecule has 3 nitrogen and oxygen atoms in total. The van der Waals surface area contributed by atoms with Gasteiger partial charge in [0.2, 0.25) is 0 Å². The van der Waals surface area contributed by atoms with Gasteiger partial charge < -0.3 is 9.64 Å². The summed E-state index contributed by atoms with van der Waals surface area (Å²) in [6.45, 7) is 6.95. The lowest BCUT2D eigenvalue weighted by Gasteiger charge is -2.19. The quantitative estimate of drug-likeness (QED) is 0.595. The Hall–Kier alpha value is -0.730. The van der Waals surface area contributed by atoms with Crippen LogP contribution in [0, 0.1) is 5.92 Å². The largest absolute Gasteiger partial charge is 0.463 e. The standard InChI is InChI=1S/C8H16N2O/c1-7(2)6-10(3)8-9-4-5-11-8/h7H,4-6H2,1-3H3. The predicted octanol–water partition coefficient (Wildman–Crippen LogP) is 0.960. The summed E-state index contributed by atoms with van der Waals surface area (Å²) >= 11 is 0. The Labute approximate surface area is 68.1 Å². The molecule has 0 N–H and O–H groups in total. The molecule has 0 aliphatic carbocycles. The first-order valence-electron chi connectivity index (χ1n) is 4.08. The highest BCUT2D eigenvalue weighted by Gasteiger charge is 2.12. The molecule has 0 aromatic carbocycles. The zero-order valence-electron chi connectivity index (χ0n) is 7.50. The van der Waals surface area contributed by atoms with Crippen molar-refractivity contribution in [3.05, 3.63) is 0 Å². The van der Waals surface area contributed by atoms with Crippen molar-refractivity contribution in [2.24, 2.45) is 10.9 Å². The van der Waals surface area contributed by atoms with Crippen LogP contribution in [-0.2, 0) is 4.74 Å². The van der Waals surface area contributed by atoms with Crippen LogP contribution in [0.1, 0.15) is 13.8 Å². The molecule has 0 atom stereocenters. The molecule has 1 heterocycles. The summed E-state index contributed by atoms with van der Waals surface area (Å²) in [4.78, 5) is 6.28. The molecule has 0 radical (unpaired) electrons. The van der Waals surface area contributed by atoms with Gasteiger partial charge in [-0.1, -0.05) is 13.8 Å². The predicted molar refractivity (Wildman–Crippen MR) is 45.7 cm³/mol. The van der Waals surface area contributed by atoms with Gasteiger partial charge in [0.1, 0.15) is 6.61 Å². The molecule has 0 unspecified atom stereocenters. The van der Waals surface area contributed by atoms with Crippen molar-refractivity contribution in [2.45, 2.75) is 13.8 Å². The van der Waals surface area contributed by atoms with E-state index in [4.69, 9.17) is 4.74 Å². The van der Waals surface area contributed by atoms with Gasteiger partial charge in [0.05, 0.1) is 6.54 Å². The van der Waals surface area contributed by atoms with Crippen molar-refractivity contribution < 1.29 is 4.74 Å². The molecule has 0 aromatic rings. The van der Waals surface area contributed by atoms with E-state index in [1.807, 2.05) is 7.05 Å². The van der Waals surface area contributed by atoms with Crippen molar-refractivity contribution in [1.82, 2.24) is 4.90 Å². The average Bonchev–Trinajstić information content (AvgIpc) is 2.35. The van der Waals surface area contributed by atoms with Crippen LogP contribution in [0.2, 0.25) is 0 Å². The number of amidine groups is 1. The van der Waals surface area contributed by atoms with Gasteiger partial charge in [-0.2, -0.15) is 0 Å². The molecular formula is C8H16N2O. The van der Waals surface area contributed by atoms with Crippen LogP contribution in [0.3, 0.4) is 0 Å². The monoisotopic (exact) mass is 156 g/mol. The van der Waals surface area contributed by atoms with Crippen LogP contribution in [0.5, 0.6) is 0 Å². The van der Waals surface area contributed by atoms with Crippen LogP contribution >= 0.6 is 0 Å². The molecule has 3 heteroatoms. The Kier molecular flexibility index (Phi) is 2.74. The molecule has 64 valence electrons. The van der Waals surface area contributed by atoms with Crippen LogP contribution in [-0.4, -0.2) is 37.7 Å². The summed E-state index contributed by atoms with van der Waals surface area (Å²) in [5.41, 5.74) is 0. The highest BCUT2D eigenvalue weighted by Crippen LogP contribution is 2.02. The van der Waals surface area contributed by atoms with E-state index in [-0.39, 0.29) is 0 Å². The number of ether oxygens (including phenoxy) is 1. The van der Waals surface area contributed by atoms with E-state index >= 15 is 0 Å². The first-order valence-corrected chi connectivity index (χ1v) is 4.08. The van der Waals surface area contributed by atoms with E-state index in [0.29, 0.717) is 5.92 Å². The summed E-state index contributed by atoms with van der Waals surface area (Å²) < 4.78 is 5.29. The molecule has 1 aliphatic rings.